The van der Waals surface area contributed by atoms with Gasteiger partial charge in [-0.05, 0) is 12.1 Å². The summed E-state index contributed by atoms with van der Waals surface area (Å²) in [6.45, 7) is 0.423. The highest BCUT2D eigenvalue weighted by Gasteiger charge is 2.37. The second kappa shape index (κ2) is 3.10. The lowest BCUT2D eigenvalue weighted by atomic mass is 10.2. The first-order chi connectivity index (χ1) is 6.48. The number of alkyl halides is 3. The Kier molecular flexibility index (Phi) is 2.16. The lowest BCUT2D eigenvalue weighted by Crippen LogP contribution is -2.10. The van der Waals surface area contributed by atoms with Crippen molar-refractivity contribution in [1.29, 1.82) is 0 Å². The molecule has 6 heteroatoms. The van der Waals surface area contributed by atoms with Crippen LogP contribution in [-0.2, 0) is 10.9 Å². The number of halogens is 4. The molecular formula is C8H5ClF3NO. The van der Waals surface area contributed by atoms with Crippen LogP contribution in [0.15, 0.2) is 12.1 Å². The van der Waals surface area contributed by atoms with E-state index in [1.165, 1.54) is 12.1 Å². The van der Waals surface area contributed by atoms with Gasteiger partial charge in [0.15, 0.2) is 5.69 Å². The molecule has 1 saturated heterocycles. The van der Waals surface area contributed by atoms with Gasteiger partial charge < -0.3 is 4.74 Å². The summed E-state index contributed by atoms with van der Waals surface area (Å²) in [4.78, 5) is 3.42. The van der Waals surface area contributed by atoms with E-state index in [0.29, 0.717) is 6.61 Å². The van der Waals surface area contributed by atoms with Gasteiger partial charge in [-0.2, -0.15) is 13.2 Å². The number of epoxide rings is 1. The van der Waals surface area contributed by atoms with E-state index in [4.69, 9.17) is 16.3 Å². The van der Waals surface area contributed by atoms with Crippen molar-refractivity contribution < 1.29 is 17.9 Å². The van der Waals surface area contributed by atoms with Crippen LogP contribution >= 0.6 is 11.6 Å². The zero-order chi connectivity index (χ0) is 10.3. The Hall–Kier alpha value is -0.810. The summed E-state index contributed by atoms with van der Waals surface area (Å²) >= 11 is 5.38. The largest absolute Gasteiger partial charge is 0.434 e. The Morgan fingerprint density at radius 2 is 2.07 bits per heavy atom. The summed E-state index contributed by atoms with van der Waals surface area (Å²) in [5.41, 5.74) is -0.770. The van der Waals surface area contributed by atoms with Crippen LogP contribution in [0, 0.1) is 0 Å². The van der Waals surface area contributed by atoms with Gasteiger partial charge in [-0.25, -0.2) is 4.98 Å². The Balaban J connectivity index is 2.41. The number of hydrogen-bond acceptors (Lipinski definition) is 2. The first-order valence-corrected chi connectivity index (χ1v) is 4.21. The van der Waals surface area contributed by atoms with Gasteiger partial charge in [0.2, 0.25) is 0 Å². The molecule has 1 aromatic rings. The first-order valence-electron chi connectivity index (χ1n) is 3.84. The van der Waals surface area contributed by atoms with E-state index in [-0.39, 0.29) is 16.8 Å². The van der Waals surface area contributed by atoms with Crippen LogP contribution in [0.25, 0.3) is 0 Å². The Morgan fingerprint density at radius 3 is 2.57 bits per heavy atom. The van der Waals surface area contributed by atoms with Gasteiger partial charge in [0.25, 0.3) is 0 Å². The fourth-order valence-electron chi connectivity index (χ4n) is 1.05. The van der Waals surface area contributed by atoms with Crippen LogP contribution in [0.5, 0.6) is 0 Å². The maximum absolute atomic E-state index is 12.3. The minimum Gasteiger partial charge on any atom is -0.366 e. The summed E-state index contributed by atoms with van der Waals surface area (Å²) in [7, 11) is 0. The summed E-state index contributed by atoms with van der Waals surface area (Å²) in [5.74, 6) is 0. The molecule has 1 aliphatic heterocycles. The second-order valence-corrected chi connectivity index (χ2v) is 3.29. The average molecular weight is 224 g/mol. The molecule has 0 spiro atoms. The standard InChI is InChI=1S/C8H5ClF3NO/c9-4-1-2-5(6-3-14-6)13-7(4)8(10,11)12/h1-2,6H,3H2. The Bertz CT molecular complexity index is 362. The third-order valence-corrected chi connectivity index (χ3v) is 2.10. The molecule has 0 N–H and O–H groups in total. The quantitative estimate of drug-likeness (QED) is 0.684. The van der Waals surface area contributed by atoms with Gasteiger partial charge in [-0.3, -0.25) is 0 Å². The van der Waals surface area contributed by atoms with E-state index in [1.54, 1.807) is 0 Å². The smallest absolute Gasteiger partial charge is 0.366 e. The van der Waals surface area contributed by atoms with Crippen molar-refractivity contribution in [3.05, 3.63) is 28.5 Å². The van der Waals surface area contributed by atoms with Crippen LogP contribution in [0.4, 0.5) is 13.2 Å². The van der Waals surface area contributed by atoms with Crippen LogP contribution in [0.2, 0.25) is 5.02 Å². The van der Waals surface area contributed by atoms with Gasteiger partial charge in [-0.1, -0.05) is 11.6 Å². The zero-order valence-corrected chi connectivity index (χ0v) is 7.56. The van der Waals surface area contributed by atoms with E-state index in [1.807, 2.05) is 0 Å². The zero-order valence-electron chi connectivity index (χ0n) is 6.81. The van der Waals surface area contributed by atoms with E-state index in [0.717, 1.165) is 0 Å². The van der Waals surface area contributed by atoms with E-state index < -0.39 is 11.9 Å². The van der Waals surface area contributed by atoms with Crippen molar-refractivity contribution in [2.75, 3.05) is 6.61 Å². The van der Waals surface area contributed by atoms with Crippen molar-refractivity contribution in [1.82, 2.24) is 4.98 Å². The molecule has 0 bridgehead atoms. The third-order valence-electron chi connectivity index (χ3n) is 1.80. The number of nitrogens with zero attached hydrogens (tertiary/aromatic N) is 1. The normalized spacial score (nSPS) is 21.0. The summed E-state index contributed by atoms with van der Waals surface area (Å²) in [5, 5.41) is -0.387. The molecule has 0 aliphatic carbocycles. The van der Waals surface area contributed by atoms with Crippen LogP contribution < -0.4 is 0 Å². The van der Waals surface area contributed by atoms with Gasteiger partial charge in [-0.15, -0.1) is 0 Å². The minimum atomic E-state index is -4.51. The molecule has 2 rings (SSSR count). The summed E-state index contributed by atoms with van der Waals surface area (Å²) in [6, 6.07) is 2.63. The molecule has 0 amide bonds. The average Bonchev–Trinajstić information content (AvgIpc) is 2.85. The molecule has 1 atom stereocenters. The molecule has 14 heavy (non-hydrogen) atoms. The number of hydrogen-bond donors (Lipinski definition) is 0. The molecule has 1 aliphatic rings. The predicted octanol–water partition coefficient (Wildman–Crippen LogP) is 2.83. The molecule has 1 fully saturated rings. The SMILES string of the molecule is FC(F)(F)c1nc(C2CO2)ccc1Cl. The fraction of sp³-hybridized carbons (Fsp3) is 0.375. The molecule has 1 aromatic heterocycles. The monoisotopic (exact) mass is 223 g/mol. The molecule has 0 aromatic carbocycles. The molecule has 0 saturated carbocycles. The van der Waals surface area contributed by atoms with Crippen LogP contribution in [-0.4, -0.2) is 11.6 Å². The van der Waals surface area contributed by atoms with Crippen molar-refractivity contribution in [3.63, 3.8) is 0 Å². The highest BCUT2D eigenvalue weighted by atomic mass is 35.5. The number of rotatable bonds is 1. The Morgan fingerprint density at radius 1 is 1.43 bits per heavy atom. The van der Waals surface area contributed by atoms with Gasteiger partial charge in [0, 0.05) is 0 Å². The lowest BCUT2D eigenvalue weighted by molar-refractivity contribution is -0.141. The van der Waals surface area contributed by atoms with Gasteiger partial charge >= 0.3 is 6.18 Å². The summed E-state index contributed by atoms with van der Waals surface area (Å²) in [6.07, 6.45) is -4.81. The summed E-state index contributed by atoms with van der Waals surface area (Å²) < 4.78 is 41.8. The maximum Gasteiger partial charge on any atom is 0.434 e. The topological polar surface area (TPSA) is 25.4 Å². The fourth-order valence-corrected chi connectivity index (χ4v) is 1.27. The maximum atomic E-state index is 12.3. The predicted molar refractivity (Wildman–Crippen MR) is 42.9 cm³/mol. The van der Waals surface area contributed by atoms with Crippen molar-refractivity contribution in [3.8, 4) is 0 Å². The highest BCUT2D eigenvalue weighted by molar-refractivity contribution is 6.31. The number of ether oxygens (including phenoxy) is 1. The van der Waals surface area contributed by atoms with Crippen molar-refractivity contribution >= 4 is 11.6 Å². The molecule has 2 heterocycles. The van der Waals surface area contributed by atoms with Gasteiger partial charge in [0.05, 0.1) is 17.3 Å². The molecule has 0 radical (unpaired) electrons. The second-order valence-electron chi connectivity index (χ2n) is 2.89. The third kappa shape index (κ3) is 1.83. The van der Waals surface area contributed by atoms with E-state index in [2.05, 4.69) is 4.98 Å². The van der Waals surface area contributed by atoms with E-state index in [9.17, 15) is 13.2 Å². The molecule has 2 nitrogen and oxygen atoms in total. The molecular weight excluding hydrogens is 219 g/mol. The van der Waals surface area contributed by atoms with Gasteiger partial charge in [0.1, 0.15) is 6.10 Å². The minimum absolute atomic E-state index is 0.279. The number of pyridine rings is 1. The lowest BCUT2D eigenvalue weighted by Gasteiger charge is -2.08. The van der Waals surface area contributed by atoms with Crippen LogP contribution in [0.1, 0.15) is 17.5 Å². The molecule has 76 valence electrons. The Labute approximate surface area is 82.7 Å². The van der Waals surface area contributed by atoms with Crippen molar-refractivity contribution in [2.24, 2.45) is 0 Å². The first kappa shape index (κ1) is 9.73. The highest BCUT2D eigenvalue weighted by Crippen LogP contribution is 2.36. The van der Waals surface area contributed by atoms with E-state index >= 15 is 0 Å². The molecule has 1 unspecified atom stereocenters. The van der Waals surface area contributed by atoms with Crippen molar-refractivity contribution in [2.45, 2.75) is 12.3 Å². The van der Waals surface area contributed by atoms with Crippen LogP contribution in [0.3, 0.4) is 0 Å². The number of aromatic nitrogens is 1.